The average molecular weight is 383 g/mol. The summed E-state index contributed by atoms with van der Waals surface area (Å²) < 4.78 is 51.1. The van der Waals surface area contributed by atoms with Crippen LogP contribution in [-0.4, -0.2) is 26.0 Å². The molecule has 0 radical (unpaired) electrons. The number of carbonyl (C=O) groups is 1. The first-order chi connectivity index (χ1) is 12.7. The highest BCUT2D eigenvalue weighted by molar-refractivity contribution is 5.95. The van der Waals surface area contributed by atoms with E-state index in [1.807, 2.05) is 6.92 Å². The molecule has 0 saturated carbocycles. The molecule has 27 heavy (non-hydrogen) atoms. The van der Waals surface area contributed by atoms with E-state index in [0.29, 0.717) is 29.2 Å². The van der Waals surface area contributed by atoms with Crippen molar-refractivity contribution in [3.05, 3.63) is 53.6 Å². The van der Waals surface area contributed by atoms with Crippen LogP contribution in [0.1, 0.15) is 35.8 Å². The molecule has 146 valence electrons. The van der Waals surface area contributed by atoms with Crippen LogP contribution in [0.2, 0.25) is 0 Å². The minimum Gasteiger partial charge on any atom is -0.493 e. The summed E-state index contributed by atoms with van der Waals surface area (Å²) in [5.74, 6) is 0.304. The normalized spacial score (nSPS) is 12.2. The third-order valence-electron chi connectivity index (χ3n) is 3.69. The molecule has 0 aliphatic heterocycles. The summed E-state index contributed by atoms with van der Waals surface area (Å²) in [6.45, 7) is 3.97. The largest absolute Gasteiger partial charge is 0.573 e. The van der Waals surface area contributed by atoms with E-state index in [0.717, 1.165) is 0 Å². The van der Waals surface area contributed by atoms with Crippen LogP contribution in [0.4, 0.5) is 13.2 Å². The zero-order valence-electron chi connectivity index (χ0n) is 15.1. The number of methoxy groups -OCH3 is 1. The first kappa shape index (κ1) is 20.4. The second-order valence-electron chi connectivity index (χ2n) is 5.61. The Labute approximate surface area is 155 Å². The summed E-state index contributed by atoms with van der Waals surface area (Å²) >= 11 is 0. The molecule has 0 aliphatic rings. The van der Waals surface area contributed by atoms with E-state index in [-0.39, 0.29) is 11.7 Å². The molecule has 8 heteroatoms. The Hall–Kier alpha value is -2.90. The highest BCUT2D eigenvalue weighted by Gasteiger charge is 2.31. The van der Waals surface area contributed by atoms with Crippen molar-refractivity contribution < 1.29 is 32.2 Å². The Balaban J connectivity index is 2.07. The summed E-state index contributed by atoms with van der Waals surface area (Å²) in [7, 11) is 1.51. The van der Waals surface area contributed by atoms with Gasteiger partial charge in [0.05, 0.1) is 19.8 Å². The molecular weight excluding hydrogens is 363 g/mol. The lowest BCUT2D eigenvalue weighted by Gasteiger charge is -2.16. The third kappa shape index (κ3) is 5.80. The number of hydrogen-bond donors (Lipinski definition) is 1. The van der Waals surface area contributed by atoms with E-state index >= 15 is 0 Å². The van der Waals surface area contributed by atoms with Crippen molar-refractivity contribution in [3.63, 3.8) is 0 Å². The molecular formula is C19H20F3NO4. The fourth-order valence-corrected chi connectivity index (χ4v) is 2.41. The van der Waals surface area contributed by atoms with E-state index in [1.165, 1.54) is 31.4 Å². The lowest BCUT2D eigenvalue weighted by atomic mass is 10.1. The van der Waals surface area contributed by atoms with Gasteiger partial charge in [0.2, 0.25) is 0 Å². The molecule has 2 aromatic rings. The summed E-state index contributed by atoms with van der Waals surface area (Å²) in [5.41, 5.74) is 1.01. The number of carbonyl (C=O) groups excluding carboxylic acids is 1. The van der Waals surface area contributed by atoms with E-state index in [4.69, 9.17) is 9.47 Å². The minimum atomic E-state index is -4.74. The highest BCUT2D eigenvalue weighted by Crippen LogP contribution is 2.28. The number of hydrogen-bond acceptors (Lipinski definition) is 4. The second-order valence-corrected chi connectivity index (χ2v) is 5.61. The Bertz CT molecular complexity index is 776. The number of rotatable bonds is 7. The molecule has 5 nitrogen and oxygen atoms in total. The molecule has 0 heterocycles. The Morgan fingerprint density at radius 1 is 1.11 bits per heavy atom. The number of alkyl halides is 3. The monoisotopic (exact) mass is 383 g/mol. The van der Waals surface area contributed by atoms with Gasteiger partial charge >= 0.3 is 6.36 Å². The predicted molar refractivity (Wildman–Crippen MR) is 93.2 cm³/mol. The van der Waals surface area contributed by atoms with Crippen LogP contribution in [0.15, 0.2) is 42.5 Å². The van der Waals surface area contributed by atoms with Crippen molar-refractivity contribution in [2.45, 2.75) is 26.3 Å². The van der Waals surface area contributed by atoms with Gasteiger partial charge in [-0.1, -0.05) is 12.1 Å². The van der Waals surface area contributed by atoms with Crippen molar-refractivity contribution >= 4 is 5.91 Å². The molecule has 0 saturated heterocycles. The Kier molecular flexibility index (Phi) is 6.55. The lowest BCUT2D eigenvalue weighted by Crippen LogP contribution is -2.26. The van der Waals surface area contributed by atoms with Crippen molar-refractivity contribution in [2.75, 3.05) is 13.7 Å². The quantitative estimate of drug-likeness (QED) is 0.766. The van der Waals surface area contributed by atoms with Gasteiger partial charge in [-0.25, -0.2) is 0 Å². The maximum absolute atomic E-state index is 12.5. The summed E-state index contributed by atoms with van der Waals surface area (Å²) in [5, 5.41) is 2.79. The fourth-order valence-electron chi connectivity index (χ4n) is 2.41. The molecule has 2 rings (SSSR count). The van der Waals surface area contributed by atoms with Gasteiger partial charge in [-0.3, -0.25) is 4.79 Å². The minimum absolute atomic E-state index is 0.318. The van der Waals surface area contributed by atoms with Gasteiger partial charge in [0.25, 0.3) is 5.91 Å². The molecule has 1 amide bonds. The first-order valence-electron chi connectivity index (χ1n) is 8.21. The van der Waals surface area contributed by atoms with Crippen molar-refractivity contribution in [3.8, 4) is 17.2 Å². The zero-order chi connectivity index (χ0) is 20.0. The molecule has 0 fully saturated rings. The molecule has 1 N–H and O–H groups in total. The van der Waals surface area contributed by atoms with Crippen LogP contribution < -0.4 is 19.5 Å². The van der Waals surface area contributed by atoms with Gasteiger partial charge in [0, 0.05) is 5.56 Å². The summed E-state index contributed by atoms with van der Waals surface area (Å²) in [4.78, 5) is 12.5. The maximum atomic E-state index is 12.5. The summed E-state index contributed by atoms with van der Waals surface area (Å²) in [6, 6.07) is 9.72. The molecule has 0 aromatic heterocycles. The van der Waals surface area contributed by atoms with E-state index < -0.39 is 12.4 Å². The first-order valence-corrected chi connectivity index (χ1v) is 8.21. The Morgan fingerprint density at radius 2 is 1.78 bits per heavy atom. The lowest BCUT2D eigenvalue weighted by molar-refractivity contribution is -0.274. The van der Waals surface area contributed by atoms with Gasteiger partial charge in [0.1, 0.15) is 5.75 Å². The topological polar surface area (TPSA) is 56.8 Å². The molecule has 1 atom stereocenters. The molecule has 1 unspecified atom stereocenters. The average Bonchev–Trinajstić information content (AvgIpc) is 2.61. The maximum Gasteiger partial charge on any atom is 0.573 e. The van der Waals surface area contributed by atoms with Crippen LogP contribution >= 0.6 is 0 Å². The fraction of sp³-hybridized carbons (Fsp3) is 0.316. The van der Waals surface area contributed by atoms with Crippen LogP contribution in [0.5, 0.6) is 17.2 Å². The number of benzene rings is 2. The van der Waals surface area contributed by atoms with Gasteiger partial charge in [-0.15, -0.1) is 13.2 Å². The molecule has 0 spiro atoms. The molecule has 0 aliphatic carbocycles. The van der Waals surface area contributed by atoms with E-state index in [2.05, 4.69) is 10.1 Å². The molecule has 0 bridgehead atoms. The van der Waals surface area contributed by atoms with Crippen molar-refractivity contribution in [2.24, 2.45) is 0 Å². The summed E-state index contributed by atoms with van der Waals surface area (Å²) in [6.07, 6.45) is -4.74. The van der Waals surface area contributed by atoms with E-state index in [9.17, 15) is 18.0 Å². The number of ether oxygens (including phenoxy) is 3. The second kappa shape index (κ2) is 8.66. The Morgan fingerprint density at radius 3 is 2.33 bits per heavy atom. The van der Waals surface area contributed by atoms with Crippen LogP contribution in [-0.2, 0) is 0 Å². The SMILES string of the molecule is CCOc1cc(C(=O)NC(C)c2ccc(OC(F)(F)F)cc2)ccc1OC. The number of halogens is 3. The van der Waals surface area contributed by atoms with E-state index in [1.54, 1.807) is 25.1 Å². The third-order valence-corrected chi connectivity index (χ3v) is 3.69. The number of nitrogens with one attached hydrogen (secondary N) is 1. The van der Waals surface area contributed by atoms with Crippen molar-refractivity contribution in [1.29, 1.82) is 0 Å². The van der Waals surface area contributed by atoms with Crippen molar-refractivity contribution in [1.82, 2.24) is 5.32 Å². The standard InChI is InChI=1S/C19H20F3NO4/c1-4-26-17-11-14(7-10-16(17)25-3)18(24)23-12(2)13-5-8-15(9-6-13)27-19(20,21)22/h5-12H,4H2,1-3H3,(H,23,24). The van der Waals surface area contributed by atoms with Gasteiger partial charge in [-0.2, -0.15) is 0 Å². The van der Waals surface area contributed by atoms with Gasteiger partial charge in [0.15, 0.2) is 11.5 Å². The van der Waals surface area contributed by atoms with Gasteiger partial charge in [-0.05, 0) is 49.7 Å². The smallest absolute Gasteiger partial charge is 0.493 e. The van der Waals surface area contributed by atoms with Crippen LogP contribution in [0.3, 0.4) is 0 Å². The predicted octanol–water partition coefficient (Wildman–Crippen LogP) is 4.48. The number of amides is 1. The van der Waals surface area contributed by atoms with Gasteiger partial charge < -0.3 is 19.5 Å². The van der Waals surface area contributed by atoms with Crippen LogP contribution in [0, 0.1) is 0 Å². The zero-order valence-corrected chi connectivity index (χ0v) is 15.1. The molecule has 2 aromatic carbocycles. The highest BCUT2D eigenvalue weighted by atomic mass is 19.4. The van der Waals surface area contributed by atoms with Crippen LogP contribution in [0.25, 0.3) is 0 Å².